The van der Waals surface area contributed by atoms with E-state index in [1.807, 2.05) is 0 Å². The molecule has 0 aliphatic heterocycles. The average Bonchev–Trinajstić information content (AvgIpc) is 2.82. The molecule has 20 heavy (non-hydrogen) atoms. The van der Waals surface area contributed by atoms with Gasteiger partial charge in [-0.3, -0.25) is 0 Å². The molecule has 0 heterocycles. The van der Waals surface area contributed by atoms with Crippen molar-refractivity contribution in [3.63, 3.8) is 0 Å². The number of benzene rings is 1. The predicted molar refractivity (Wildman–Crippen MR) is 96.4 cm³/mol. The zero-order valence-corrected chi connectivity index (χ0v) is 18.7. The van der Waals surface area contributed by atoms with Crippen LogP contribution in [-0.4, -0.2) is 19.5 Å². The van der Waals surface area contributed by atoms with Gasteiger partial charge in [-0.2, -0.15) is 0 Å². The Morgan fingerprint density at radius 2 is 1.75 bits per heavy atom. The topological polar surface area (TPSA) is 0 Å². The maximum absolute atomic E-state index is 2.41. The number of hydrogen-bond donors (Lipinski definition) is 0. The molecule has 0 radical (unpaired) electrons. The largest absolute Gasteiger partial charge is 0.147 e. The molecule has 0 nitrogen and oxygen atoms in total. The van der Waals surface area contributed by atoms with Crippen LogP contribution in [-0.2, 0) is 22.9 Å². The first-order valence-corrected chi connectivity index (χ1v) is 12.4. The first-order chi connectivity index (χ1) is 8.25. The van der Waals surface area contributed by atoms with Gasteiger partial charge in [0.15, 0.2) is 0 Å². The van der Waals surface area contributed by atoms with Crippen molar-refractivity contribution >= 4 is 45.1 Å². The molecular formula is C15H22Cl3HfP. The molecule has 0 spiro atoms. The summed E-state index contributed by atoms with van der Waals surface area (Å²) in [6.07, 6.45) is 9.61. The van der Waals surface area contributed by atoms with E-state index in [1.165, 1.54) is 12.6 Å². The van der Waals surface area contributed by atoms with Gasteiger partial charge in [-0.25, -0.2) is 0 Å². The maximum atomic E-state index is 2.41. The Hall–Kier alpha value is 0.870. The van der Waals surface area contributed by atoms with E-state index >= 15 is 0 Å². The zero-order chi connectivity index (χ0) is 12.1. The third-order valence-corrected chi connectivity index (χ3v) is 11.1. The van der Waals surface area contributed by atoms with Gasteiger partial charge in [0.05, 0.1) is 0 Å². The standard InChI is InChI=1S/C10H14P.C5H5.3ClH.Hf/c1-11(2)9-8-10-6-4-3-5-7-10;1-2-4-5-3-1;;;;/h3-8H,9H2,1-2H3;1-3H,4H2;3*1H;. The van der Waals surface area contributed by atoms with Crippen molar-refractivity contribution in [2.24, 2.45) is 0 Å². The van der Waals surface area contributed by atoms with E-state index in [-0.39, 0.29) is 45.1 Å². The molecular weight excluding hydrogens is 496 g/mol. The molecule has 112 valence electrons. The molecule has 0 saturated heterocycles. The third kappa shape index (κ3) is 7.76. The first-order valence-electron chi connectivity index (χ1n) is 6.07. The van der Waals surface area contributed by atoms with E-state index < -0.39 is 22.9 Å². The van der Waals surface area contributed by atoms with Gasteiger partial charge in [0.2, 0.25) is 0 Å². The number of rotatable bonds is 5. The van der Waals surface area contributed by atoms with E-state index in [0.29, 0.717) is 0 Å². The Labute approximate surface area is 154 Å². The van der Waals surface area contributed by atoms with Crippen LogP contribution >= 0.6 is 45.1 Å². The summed E-state index contributed by atoms with van der Waals surface area (Å²) in [5, 5.41) is 0. The minimum absolute atomic E-state index is 0. The second kappa shape index (κ2) is 12.4. The molecule has 0 saturated carbocycles. The van der Waals surface area contributed by atoms with E-state index in [9.17, 15) is 0 Å². The molecule has 1 unspecified atom stereocenters. The average molecular weight is 518 g/mol. The van der Waals surface area contributed by atoms with E-state index in [0.717, 1.165) is 3.67 Å². The van der Waals surface area contributed by atoms with E-state index in [4.69, 9.17) is 0 Å². The van der Waals surface area contributed by atoms with Gasteiger partial charge in [-0.1, -0.05) is 0 Å². The molecule has 2 rings (SSSR count). The summed E-state index contributed by atoms with van der Waals surface area (Å²) < 4.78 is 2.69. The second-order valence-electron chi connectivity index (χ2n) is 4.69. The van der Waals surface area contributed by atoms with Crippen LogP contribution in [0.4, 0.5) is 0 Å². The molecule has 5 heteroatoms. The fourth-order valence-electron chi connectivity index (χ4n) is 2.06. The summed E-state index contributed by atoms with van der Waals surface area (Å²) in [5.41, 5.74) is 1.60. The molecule has 1 aliphatic carbocycles. The van der Waals surface area contributed by atoms with Crippen LogP contribution in [0.3, 0.4) is 0 Å². The van der Waals surface area contributed by atoms with Crippen LogP contribution in [0.25, 0.3) is 0 Å². The van der Waals surface area contributed by atoms with Crippen LogP contribution in [0, 0.1) is 0 Å². The Bertz CT molecular complexity index is 418. The summed E-state index contributed by atoms with van der Waals surface area (Å²) in [6.45, 7) is 4.83. The van der Waals surface area contributed by atoms with Crippen molar-refractivity contribution in [3.8, 4) is 0 Å². The first kappa shape index (κ1) is 23.1. The van der Waals surface area contributed by atoms with Crippen LogP contribution in [0.15, 0.2) is 51.9 Å². The normalized spacial score (nSPS) is 13.7. The van der Waals surface area contributed by atoms with Gasteiger partial charge in [0, 0.05) is 0 Å². The molecule has 0 amide bonds. The van der Waals surface area contributed by atoms with Gasteiger partial charge in [-0.15, -0.1) is 37.2 Å². The summed E-state index contributed by atoms with van der Waals surface area (Å²) in [4.78, 5) is 0. The summed E-state index contributed by atoms with van der Waals surface area (Å²) in [5.74, 6) is 0. The Morgan fingerprint density at radius 1 is 1.10 bits per heavy atom. The van der Waals surface area contributed by atoms with Crippen molar-refractivity contribution in [3.05, 3.63) is 57.5 Å². The second-order valence-corrected chi connectivity index (χ2v) is 13.1. The fourth-order valence-corrected chi connectivity index (χ4v) is 12.5. The van der Waals surface area contributed by atoms with E-state index in [2.05, 4.69) is 61.9 Å². The van der Waals surface area contributed by atoms with Crippen molar-refractivity contribution in [1.29, 1.82) is 0 Å². The Kier molecular flexibility index (Phi) is 14.4. The number of allylic oxidation sites excluding steroid dienone is 4. The molecule has 0 aromatic heterocycles. The van der Waals surface area contributed by atoms with Crippen LogP contribution in [0.1, 0.15) is 15.7 Å². The minimum Gasteiger partial charge on any atom is -0.147 e. The zero-order valence-electron chi connectivity index (χ0n) is 11.8. The van der Waals surface area contributed by atoms with Gasteiger partial charge in [-0.05, 0) is 0 Å². The third-order valence-electron chi connectivity index (χ3n) is 2.88. The molecule has 0 N–H and O–H groups in total. The van der Waals surface area contributed by atoms with Crippen molar-refractivity contribution in [2.45, 2.75) is 10.1 Å². The van der Waals surface area contributed by atoms with Crippen molar-refractivity contribution < 1.29 is 22.9 Å². The fraction of sp³-hybridized carbons (Fsp3) is 0.333. The Morgan fingerprint density at radius 3 is 2.25 bits per heavy atom. The number of halogens is 3. The number of hydrogen-bond acceptors (Lipinski definition) is 0. The predicted octanol–water partition coefficient (Wildman–Crippen LogP) is 5.66. The molecule has 1 aromatic carbocycles. The monoisotopic (exact) mass is 518 g/mol. The summed E-state index contributed by atoms with van der Waals surface area (Å²) >= 11 is -0.668. The van der Waals surface area contributed by atoms with Gasteiger partial charge < -0.3 is 0 Å². The van der Waals surface area contributed by atoms with E-state index in [1.54, 1.807) is 8.89 Å². The van der Waals surface area contributed by atoms with Crippen molar-refractivity contribution in [2.75, 3.05) is 19.5 Å². The van der Waals surface area contributed by atoms with Crippen LogP contribution < -0.4 is 0 Å². The molecule has 0 bridgehead atoms. The summed E-state index contributed by atoms with van der Waals surface area (Å²) in [6, 6.07) is 11.2. The molecule has 1 atom stereocenters. The SMILES string of the molecule is CP(C)C[CH]([Hf][C]1=CC=CC1)c1ccccc1.Cl.Cl.Cl. The molecule has 1 aromatic rings. The minimum atomic E-state index is -0.668. The maximum Gasteiger partial charge on any atom is -0.147 e. The quantitative estimate of drug-likeness (QED) is 0.349. The van der Waals surface area contributed by atoms with Gasteiger partial charge in [0.25, 0.3) is 0 Å². The molecule has 0 fully saturated rings. The summed E-state index contributed by atoms with van der Waals surface area (Å²) in [7, 11) is 0.217. The van der Waals surface area contributed by atoms with Crippen LogP contribution in [0.5, 0.6) is 0 Å². The Balaban J connectivity index is 0. The smallest absolute Gasteiger partial charge is 0.147 e. The van der Waals surface area contributed by atoms with Gasteiger partial charge in [0.1, 0.15) is 0 Å². The van der Waals surface area contributed by atoms with Gasteiger partial charge >= 0.3 is 118 Å². The van der Waals surface area contributed by atoms with Crippen molar-refractivity contribution in [1.82, 2.24) is 0 Å². The molecule has 1 aliphatic rings. The van der Waals surface area contributed by atoms with Crippen LogP contribution in [0.2, 0.25) is 0 Å².